The highest BCUT2D eigenvalue weighted by atomic mass is 16.5. The largest absolute Gasteiger partial charge is 0.457 e. The Morgan fingerprint density at radius 2 is 0.942 bits per heavy atom. The van der Waals surface area contributed by atoms with Crippen LogP contribution >= 0.6 is 0 Å². The molecule has 0 N–H and O–H groups in total. The lowest BCUT2D eigenvalue weighted by Gasteiger charge is -2.41. The standard InChI is InChI=1S/C49H32N2O/c50-33-34-23-25-35(26-24-34)40-31-45(36-13-4-1-5-14-36)51-46(32-40)39-16-12-15-37(29-39)38-27-28-48-44(30-38)49(41-17-6-2-7-18-41,42-19-8-3-9-20-42)43-21-10-11-22-47(43)52-48/h1-32H. The van der Waals surface area contributed by atoms with Crippen LogP contribution in [0.25, 0.3) is 44.8 Å². The van der Waals surface area contributed by atoms with Gasteiger partial charge in [0.1, 0.15) is 11.5 Å². The molecule has 3 heteroatoms. The number of ether oxygens (including phenoxy) is 1. The van der Waals surface area contributed by atoms with Gasteiger partial charge in [-0.3, -0.25) is 0 Å². The van der Waals surface area contributed by atoms with E-state index in [-0.39, 0.29) is 0 Å². The maximum absolute atomic E-state index is 9.39. The average molecular weight is 665 g/mol. The van der Waals surface area contributed by atoms with Crippen LogP contribution in [0.3, 0.4) is 0 Å². The molecule has 1 aromatic heterocycles. The molecule has 1 aliphatic heterocycles. The van der Waals surface area contributed by atoms with E-state index in [4.69, 9.17) is 9.72 Å². The third-order valence-corrected chi connectivity index (χ3v) is 10.0. The van der Waals surface area contributed by atoms with Crippen LogP contribution in [0.1, 0.15) is 27.8 Å². The second-order valence-corrected chi connectivity index (χ2v) is 13.1. The van der Waals surface area contributed by atoms with E-state index in [2.05, 4.69) is 152 Å². The maximum atomic E-state index is 9.39. The Bertz CT molecular complexity index is 2550. The van der Waals surface area contributed by atoms with Crippen molar-refractivity contribution >= 4 is 0 Å². The Balaban J connectivity index is 1.21. The van der Waals surface area contributed by atoms with Crippen LogP contribution in [0.2, 0.25) is 0 Å². The average Bonchev–Trinajstić information content (AvgIpc) is 3.23. The molecule has 0 radical (unpaired) electrons. The number of aromatic nitrogens is 1. The molecule has 244 valence electrons. The SMILES string of the molecule is N#Cc1ccc(-c2cc(-c3ccccc3)nc(-c3cccc(-c4ccc5c(c4)C(c4ccccc4)(c4ccccc4)c4ccccc4O5)c3)c2)cc1. The van der Waals surface area contributed by atoms with Crippen molar-refractivity contribution in [1.29, 1.82) is 5.26 Å². The monoisotopic (exact) mass is 664 g/mol. The maximum Gasteiger partial charge on any atom is 0.132 e. The Morgan fingerprint density at radius 3 is 1.63 bits per heavy atom. The van der Waals surface area contributed by atoms with Gasteiger partial charge in [-0.25, -0.2) is 4.98 Å². The molecule has 0 amide bonds. The second-order valence-electron chi connectivity index (χ2n) is 13.1. The first kappa shape index (κ1) is 31.0. The van der Waals surface area contributed by atoms with Gasteiger partial charge in [-0.05, 0) is 81.9 Å². The Labute approximate surface area is 303 Å². The number of hydrogen-bond donors (Lipinski definition) is 0. The summed E-state index contributed by atoms with van der Waals surface area (Å²) < 4.78 is 6.66. The van der Waals surface area contributed by atoms with E-state index in [1.54, 1.807) is 0 Å². The number of benzene rings is 7. The summed E-state index contributed by atoms with van der Waals surface area (Å²) in [7, 11) is 0. The van der Waals surface area contributed by atoms with E-state index in [0.29, 0.717) is 5.56 Å². The van der Waals surface area contributed by atoms with Crippen LogP contribution in [-0.4, -0.2) is 4.98 Å². The first-order valence-electron chi connectivity index (χ1n) is 17.4. The van der Waals surface area contributed by atoms with Crippen LogP contribution < -0.4 is 4.74 Å². The summed E-state index contributed by atoms with van der Waals surface area (Å²) in [4.78, 5) is 5.19. The van der Waals surface area contributed by atoms with Gasteiger partial charge in [-0.15, -0.1) is 0 Å². The topological polar surface area (TPSA) is 45.9 Å². The van der Waals surface area contributed by atoms with Crippen LogP contribution in [0.5, 0.6) is 11.5 Å². The van der Waals surface area contributed by atoms with Crippen molar-refractivity contribution in [2.75, 3.05) is 0 Å². The molecule has 2 heterocycles. The molecule has 52 heavy (non-hydrogen) atoms. The van der Waals surface area contributed by atoms with Gasteiger partial charge in [0.25, 0.3) is 0 Å². The summed E-state index contributed by atoms with van der Waals surface area (Å²) in [6.07, 6.45) is 0. The van der Waals surface area contributed by atoms with Gasteiger partial charge in [-0.1, -0.05) is 146 Å². The minimum atomic E-state index is -0.595. The van der Waals surface area contributed by atoms with Gasteiger partial charge >= 0.3 is 0 Å². The zero-order valence-electron chi connectivity index (χ0n) is 28.3. The molecule has 0 fully saturated rings. The summed E-state index contributed by atoms with van der Waals surface area (Å²) >= 11 is 0. The van der Waals surface area contributed by atoms with Crippen LogP contribution in [0.4, 0.5) is 0 Å². The minimum absolute atomic E-state index is 0.595. The molecule has 0 saturated heterocycles. The van der Waals surface area contributed by atoms with Crippen molar-refractivity contribution in [1.82, 2.24) is 4.98 Å². The van der Waals surface area contributed by atoms with E-state index < -0.39 is 5.41 Å². The van der Waals surface area contributed by atoms with E-state index in [1.165, 1.54) is 11.1 Å². The number of para-hydroxylation sites is 1. The predicted molar refractivity (Wildman–Crippen MR) is 209 cm³/mol. The van der Waals surface area contributed by atoms with Crippen LogP contribution in [0.15, 0.2) is 194 Å². The third kappa shape index (κ3) is 5.35. The molecule has 7 aromatic carbocycles. The van der Waals surface area contributed by atoms with E-state index in [0.717, 1.165) is 67.4 Å². The number of fused-ring (bicyclic) bond motifs is 2. The fraction of sp³-hybridized carbons (Fsp3) is 0.0204. The first-order valence-corrected chi connectivity index (χ1v) is 17.4. The summed E-state index contributed by atoms with van der Waals surface area (Å²) in [6, 6.07) is 69.6. The van der Waals surface area contributed by atoms with Crippen molar-refractivity contribution in [3.05, 3.63) is 222 Å². The highest BCUT2D eigenvalue weighted by Gasteiger charge is 2.45. The Kier molecular flexibility index (Phi) is 7.76. The highest BCUT2D eigenvalue weighted by molar-refractivity contribution is 5.80. The van der Waals surface area contributed by atoms with Crippen molar-refractivity contribution in [3.8, 4) is 62.3 Å². The molecule has 1 aliphatic rings. The quantitative estimate of drug-likeness (QED) is 0.178. The molecule has 0 bridgehead atoms. The molecule has 0 unspecified atom stereocenters. The lowest BCUT2D eigenvalue weighted by atomic mass is 9.63. The Morgan fingerprint density at radius 1 is 0.404 bits per heavy atom. The summed E-state index contributed by atoms with van der Waals surface area (Å²) in [5.74, 6) is 1.70. The fourth-order valence-corrected chi connectivity index (χ4v) is 7.58. The molecular formula is C49H32N2O. The number of hydrogen-bond acceptors (Lipinski definition) is 3. The zero-order valence-corrected chi connectivity index (χ0v) is 28.3. The summed E-state index contributed by atoms with van der Waals surface area (Å²) in [5.41, 5.74) is 12.7. The number of pyridine rings is 1. The highest BCUT2D eigenvalue weighted by Crippen LogP contribution is 2.55. The van der Waals surface area contributed by atoms with Crippen LogP contribution in [0, 0.1) is 11.3 Å². The molecule has 3 nitrogen and oxygen atoms in total. The van der Waals surface area contributed by atoms with Crippen molar-refractivity contribution in [2.24, 2.45) is 0 Å². The van der Waals surface area contributed by atoms with E-state index in [1.807, 2.05) is 48.5 Å². The van der Waals surface area contributed by atoms with Gasteiger partial charge in [0.2, 0.25) is 0 Å². The van der Waals surface area contributed by atoms with Crippen molar-refractivity contribution in [2.45, 2.75) is 5.41 Å². The van der Waals surface area contributed by atoms with Crippen molar-refractivity contribution in [3.63, 3.8) is 0 Å². The van der Waals surface area contributed by atoms with Gasteiger partial charge < -0.3 is 4.74 Å². The second kappa shape index (κ2) is 13.0. The number of nitrogens with zero attached hydrogens (tertiary/aromatic N) is 2. The fourth-order valence-electron chi connectivity index (χ4n) is 7.58. The summed E-state index contributed by atoms with van der Waals surface area (Å²) in [6.45, 7) is 0. The molecule has 0 saturated carbocycles. The van der Waals surface area contributed by atoms with Gasteiger partial charge in [0.15, 0.2) is 0 Å². The number of rotatable bonds is 6. The minimum Gasteiger partial charge on any atom is -0.457 e. The number of nitriles is 1. The van der Waals surface area contributed by atoms with Crippen LogP contribution in [-0.2, 0) is 5.41 Å². The lowest BCUT2D eigenvalue weighted by molar-refractivity contribution is 0.434. The van der Waals surface area contributed by atoms with E-state index in [9.17, 15) is 5.26 Å². The lowest BCUT2D eigenvalue weighted by Crippen LogP contribution is -2.34. The third-order valence-electron chi connectivity index (χ3n) is 10.0. The molecule has 0 aliphatic carbocycles. The van der Waals surface area contributed by atoms with Gasteiger partial charge in [0.05, 0.1) is 28.4 Å². The normalized spacial score (nSPS) is 12.5. The zero-order chi connectivity index (χ0) is 34.9. The molecule has 0 atom stereocenters. The first-order chi connectivity index (χ1) is 25.7. The Hall–Kier alpha value is -7.02. The van der Waals surface area contributed by atoms with Gasteiger partial charge in [-0.2, -0.15) is 5.26 Å². The molecule has 8 aromatic rings. The van der Waals surface area contributed by atoms with E-state index >= 15 is 0 Å². The molecular weight excluding hydrogens is 633 g/mol. The summed E-state index contributed by atoms with van der Waals surface area (Å²) in [5, 5.41) is 9.39. The molecule has 0 spiro atoms. The van der Waals surface area contributed by atoms with Crippen molar-refractivity contribution < 1.29 is 4.74 Å². The smallest absolute Gasteiger partial charge is 0.132 e. The molecule has 9 rings (SSSR count). The van der Waals surface area contributed by atoms with Gasteiger partial charge in [0, 0.05) is 22.3 Å². The predicted octanol–water partition coefficient (Wildman–Crippen LogP) is 12.1.